The number of fused-ring (bicyclic) bond motifs is 1. The zero-order chi connectivity index (χ0) is 19.7. The van der Waals surface area contributed by atoms with E-state index in [9.17, 15) is 14.7 Å². The lowest BCUT2D eigenvalue weighted by molar-refractivity contribution is 0.0721. The summed E-state index contributed by atoms with van der Waals surface area (Å²) in [6.07, 6.45) is 1.21. The van der Waals surface area contributed by atoms with Gasteiger partial charge in [0.2, 0.25) is 0 Å². The van der Waals surface area contributed by atoms with Crippen molar-refractivity contribution in [3.8, 4) is 5.75 Å². The first-order chi connectivity index (χ1) is 13.5. The van der Waals surface area contributed by atoms with Crippen LogP contribution < -0.4 is 10.1 Å². The van der Waals surface area contributed by atoms with Crippen molar-refractivity contribution in [1.82, 2.24) is 20.0 Å². The van der Waals surface area contributed by atoms with Gasteiger partial charge in [0.1, 0.15) is 11.4 Å². The quantitative estimate of drug-likeness (QED) is 0.780. The molecule has 0 unspecified atom stereocenters. The molecule has 0 bridgehead atoms. The van der Waals surface area contributed by atoms with E-state index in [4.69, 9.17) is 4.74 Å². The summed E-state index contributed by atoms with van der Waals surface area (Å²) in [5.74, 6) is 0.282. The lowest BCUT2D eigenvalue weighted by atomic mass is 10.2. The van der Waals surface area contributed by atoms with E-state index < -0.39 is 6.10 Å². The van der Waals surface area contributed by atoms with Gasteiger partial charge >= 0.3 is 0 Å². The van der Waals surface area contributed by atoms with Crippen LogP contribution in [0.3, 0.4) is 0 Å². The zero-order valence-electron chi connectivity index (χ0n) is 15.8. The molecular formula is C20H24N4O4. The number of amides is 2. The van der Waals surface area contributed by atoms with Gasteiger partial charge in [-0.3, -0.25) is 14.3 Å². The van der Waals surface area contributed by atoms with Crippen molar-refractivity contribution in [1.29, 1.82) is 0 Å². The maximum Gasteiger partial charge on any atom is 0.274 e. The van der Waals surface area contributed by atoms with E-state index in [0.29, 0.717) is 18.8 Å². The van der Waals surface area contributed by atoms with Crippen LogP contribution in [0.1, 0.15) is 46.3 Å². The fourth-order valence-electron chi connectivity index (χ4n) is 3.36. The lowest BCUT2D eigenvalue weighted by Crippen LogP contribution is -2.33. The molecule has 1 atom stereocenters. The molecule has 2 aromatic rings. The Morgan fingerprint density at radius 2 is 2.11 bits per heavy atom. The van der Waals surface area contributed by atoms with Crippen molar-refractivity contribution in [2.24, 2.45) is 0 Å². The van der Waals surface area contributed by atoms with Crippen LogP contribution in [0.15, 0.2) is 30.3 Å². The minimum atomic E-state index is -0.726. The van der Waals surface area contributed by atoms with E-state index >= 15 is 0 Å². The normalized spacial score (nSPS) is 18.8. The highest BCUT2D eigenvalue weighted by molar-refractivity contribution is 5.98. The summed E-state index contributed by atoms with van der Waals surface area (Å²) in [5, 5.41) is 16.8. The summed E-state index contributed by atoms with van der Waals surface area (Å²) in [6.45, 7) is 3.39. The highest BCUT2D eigenvalue weighted by atomic mass is 16.5. The van der Waals surface area contributed by atoms with E-state index in [2.05, 4.69) is 10.4 Å². The first-order valence-corrected chi connectivity index (χ1v) is 9.62. The molecule has 0 saturated heterocycles. The van der Waals surface area contributed by atoms with Crippen LogP contribution in [-0.2, 0) is 13.1 Å². The Labute approximate surface area is 163 Å². The largest absolute Gasteiger partial charge is 0.494 e. The summed E-state index contributed by atoms with van der Waals surface area (Å²) in [6, 6.07) is 9.43. The Balaban J connectivity index is 1.54. The molecule has 4 rings (SSSR count). The van der Waals surface area contributed by atoms with Crippen LogP contribution in [-0.4, -0.2) is 56.9 Å². The van der Waals surface area contributed by atoms with Crippen LogP contribution >= 0.6 is 0 Å². The van der Waals surface area contributed by atoms with Gasteiger partial charge in [-0.25, -0.2) is 0 Å². The number of benzene rings is 1. The number of hydrogen-bond donors (Lipinski definition) is 2. The number of ether oxygens (including phenoxy) is 1. The maximum atomic E-state index is 13.1. The number of nitrogens with zero attached hydrogens (tertiary/aromatic N) is 3. The molecule has 1 aliphatic heterocycles. The molecule has 2 heterocycles. The fourth-order valence-corrected chi connectivity index (χ4v) is 3.36. The zero-order valence-corrected chi connectivity index (χ0v) is 15.8. The number of nitrogens with one attached hydrogen (secondary N) is 1. The van der Waals surface area contributed by atoms with Gasteiger partial charge in [-0.05, 0) is 37.5 Å². The molecule has 28 heavy (non-hydrogen) atoms. The van der Waals surface area contributed by atoms with Crippen LogP contribution in [0.25, 0.3) is 0 Å². The average Bonchev–Trinajstić information content (AvgIpc) is 3.46. The molecule has 1 aliphatic carbocycles. The van der Waals surface area contributed by atoms with Gasteiger partial charge in [0, 0.05) is 25.2 Å². The number of aromatic nitrogens is 2. The molecular weight excluding hydrogens is 360 g/mol. The second kappa shape index (κ2) is 7.63. The number of aliphatic hydroxyl groups is 1. The number of carbonyl (C=O) groups excluding carboxylic acids is 2. The number of carbonyl (C=O) groups is 2. The third-order valence-corrected chi connectivity index (χ3v) is 4.95. The van der Waals surface area contributed by atoms with Crippen molar-refractivity contribution < 1.29 is 19.4 Å². The molecule has 0 radical (unpaired) electrons. The lowest BCUT2D eigenvalue weighted by Gasteiger charge is -2.21. The molecule has 8 heteroatoms. The molecule has 2 aliphatic rings. The number of β-amino-alcohol motifs (C(OH)–C–C–N with tert-alkyl or cyclic N) is 1. The minimum absolute atomic E-state index is 0.178. The van der Waals surface area contributed by atoms with E-state index in [0.717, 1.165) is 24.2 Å². The average molecular weight is 384 g/mol. The summed E-state index contributed by atoms with van der Waals surface area (Å²) in [7, 11) is 0. The van der Waals surface area contributed by atoms with Crippen LogP contribution in [0, 0.1) is 0 Å². The molecule has 8 nitrogen and oxygen atoms in total. The Morgan fingerprint density at radius 3 is 2.79 bits per heavy atom. The van der Waals surface area contributed by atoms with Gasteiger partial charge in [0.05, 0.1) is 19.3 Å². The standard InChI is InChI=1S/C20H24N4O4/c1-2-28-16-7-3-13(4-8-16)11-23(14-5-6-14)20(27)17-9-18-19(26)21-10-15(25)12-24(18)22-17/h3-4,7-9,14-15,25H,2,5-6,10-12H2,1H3,(H,21,26)/t15-/m0/s1. The topological polar surface area (TPSA) is 96.7 Å². The molecule has 2 amide bonds. The van der Waals surface area contributed by atoms with Crippen molar-refractivity contribution in [2.45, 2.75) is 45.0 Å². The molecule has 2 N–H and O–H groups in total. The molecule has 0 spiro atoms. The molecule has 1 fully saturated rings. The van der Waals surface area contributed by atoms with E-state index in [1.807, 2.05) is 36.1 Å². The van der Waals surface area contributed by atoms with Crippen LogP contribution in [0.2, 0.25) is 0 Å². The predicted octanol–water partition coefficient (Wildman–Crippen LogP) is 1.19. The van der Waals surface area contributed by atoms with E-state index in [1.54, 1.807) is 0 Å². The molecule has 148 valence electrons. The summed E-state index contributed by atoms with van der Waals surface area (Å²) < 4.78 is 6.89. The Bertz CT molecular complexity index is 873. The smallest absolute Gasteiger partial charge is 0.274 e. The summed E-state index contributed by atoms with van der Waals surface area (Å²) in [5.41, 5.74) is 1.55. The van der Waals surface area contributed by atoms with Gasteiger partial charge in [-0.15, -0.1) is 0 Å². The Hall–Kier alpha value is -2.87. The summed E-state index contributed by atoms with van der Waals surface area (Å²) >= 11 is 0. The maximum absolute atomic E-state index is 13.1. The van der Waals surface area contributed by atoms with Crippen molar-refractivity contribution in [3.63, 3.8) is 0 Å². The van der Waals surface area contributed by atoms with Crippen molar-refractivity contribution in [3.05, 3.63) is 47.3 Å². The molecule has 1 aromatic heterocycles. The van der Waals surface area contributed by atoms with Crippen molar-refractivity contribution in [2.75, 3.05) is 13.2 Å². The first-order valence-electron chi connectivity index (χ1n) is 9.62. The predicted molar refractivity (Wildman–Crippen MR) is 101 cm³/mol. The SMILES string of the molecule is CCOc1ccc(CN(C(=O)c2cc3n(n2)C[C@@H](O)CNC3=O)C2CC2)cc1. The Morgan fingerprint density at radius 1 is 1.36 bits per heavy atom. The number of aliphatic hydroxyl groups excluding tert-OH is 1. The highest BCUT2D eigenvalue weighted by Crippen LogP contribution is 2.30. The van der Waals surface area contributed by atoms with E-state index in [-0.39, 0.29) is 36.6 Å². The third kappa shape index (κ3) is 3.87. The third-order valence-electron chi connectivity index (χ3n) is 4.95. The fraction of sp³-hybridized carbons (Fsp3) is 0.450. The second-order valence-corrected chi connectivity index (χ2v) is 7.20. The first kappa shape index (κ1) is 18.5. The summed E-state index contributed by atoms with van der Waals surface area (Å²) in [4.78, 5) is 27.1. The van der Waals surface area contributed by atoms with Gasteiger partial charge in [-0.2, -0.15) is 5.10 Å². The van der Waals surface area contributed by atoms with Gasteiger partial charge in [0.15, 0.2) is 5.69 Å². The van der Waals surface area contributed by atoms with Gasteiger partial charge < -0.3 is 20.1 Å². The highest BCUT2D eigenvalue weighted by Gasteiger charge is 2.35. The molecule has 1 aromatic carbocycles. The monoisotopic (exact) mass is 384 g/mol. The Kier molecular flexibility index (Phi) is 5.04. The second-order valence-electron chi connectivity index (χ2n) is 7.20. The number of hydrogen-bond acceptors (Lipinski definition) is 5. The number of rotatable bonds is 6. The van der Waals surface area contributed by atoms with E-state index in [1.165, 1.54) is 10.7 Å². The molecule has 1 saturated carbocycles. The van der Waals surface area contributed by atoms with Crippen molar-refractivity contribution >= 4 is 11.8 Å². The minimum Gasteiger partial charge on any atom is -0.494 e. The van der Waals surface area contributed by atoms with Gasteiger partial charge in [0.25, 0.3) is 11.8 Å². The van der Waals surface area contributed by atoms with Crippen LogP contribution in [0.5, 0.6) is 5.75 Å². The van der Waals surface area contributed by atoms with Crippen LogP contribution in [0.4, 0.5) is 0 Å². The van der Waals surface area contributed by atoms with Gasteiger partial charge in [-0.1, -0.05) is 12.1 Å².